The predicted octanol–water partition coefficient (Wildman–Crippen LogP) is 4.55. The molecule has 1 amide bonds. The number of fused-ring (bicyclic) bond motifs is 4. The van der Waals surface area contributed by atoms with Crippen molar-refractivity contribution in [3.63, 3.8) is 0 Å². The average molecular weight is 421 g/mol. The van der Waals surface area contributed by atoms with Gasteiger partial charge in [-0.2, -0.15) is 0 Å². The summed E-state index contributed by atoms with van der Waals surface area (Å²) in [6, 6.07) is 14.0. The van der Waals surface area contributed by atoms with E-state index in [9.17, 15) is 4.79 Å². The Morgan fingerprint density at radius 3 is 3.00 bits per heavy atom. The third-order valence-corrected chi connectivity index (χ3v) is 6.23. The standard InChI is InChI=1S/C20H16N6OS2/c1-11-6-7-14-15(10-11)29-19(22-14)23-16(27)8-9-28-20-24-18-17(25-26-20)12-4-2-3-5-13(12)21-18/h2-7,10H,8-9H2,1H3,(H,21,24,26)(H,22,23,27). The Morgan fingerprint density at radius 2 is 2.07 bits per heavy atom. The smallest absolute Gasteiger partial charge is 0.226 e. The molecule has 0 aliphatic heterocycles. The highest BCUT2D eigenvalue weighted by Gasteiger charge is 2.11. The summed E-state index contributed by atoms with van der Waals surface area (Å²) in [7, 11) is 0. The number of rotatable bonds is 5. The van der Waals surface area contributed by atoms with Gasteiger partial charge in [-0.1, -0.05) is 47.4 Å². The molecule has 0 radical (unpaired) electrons. The fourth-order valence-corrected chi connectivity index (χ4v) is 4.77. The van der Waals surface area contributed by atoms with Crippen LogP contribution >= 0.6 is 23.1 Å². The van der Waals surface area contributed by atoms with Crippen LogP contribution in [-0.2, 0) is 4.79 Å². The number of nitrogens with one attached hydrogen (secondary N) is 2. The van der Waals surface area contributed by atoms with Crippen LogP contribution in [0.2, 0.25) is 0 Å². The number of hydrogen-bond acceptors (Lipinski definition) is 7. The lowest BCUT2D eigenvalue weighted by molar-refractivity contribution is -0.115. The second-order valence-electron chi connectivity index (χ2n) is 6.60. The van der Waals surface area contributed by atoms with Crippen molar-refractivity contribution in [1.29, 1.82) is 0 Å². The normalized spacial score (nSPS) is 11.5. The van der Waals surface area contributed by atoms with Crippen molar-refractivity contribution in [2.24, 2.45) is 0 Å². The largest absolute Gasteiger partial charge is 0.338 e. The van der Waals surface area contributed by atoms with Gasteiger partial charge < -0.3 is 10.3 Å². The van der Waals surface area contributed by atoms with Crippen LogP contribution in [0.25, 0.3) is 32.3 Å². The van der Waals surface area contributed by atoms with Crippen molar-refractivity contribution in [2.75, 3.05) is 11.1 Å². The van der Waals surface area contributed by atoms with E-state index >= 15 is 0 Å². The number of aromatic amines is 1. The molecule has 3 aromatic heterocycles. The summed E-state index contributed by atoms with van der Waals surface area (Å²) in [4.78, 5) is 24.5. The Balaban J connectivity index is 1.22. The molecular weight excluding hydrogens is 404 g/mol. The maximum absolute atomic E-state index is 12.3. The van der Waals surface area contributed by atoms with Gasteiger partial charge >= 0.3 is 0 Å². The van der Waals surface area contributed by atoms with Gasteiger partial charge in [-0.05, 0) is 30.7 Å². The lowest BCUT2D eigenvalue weighted by atomic mass is 10.2. The first-order valence-corrected chi connectivity index (χ1v) is 10.9. The molecule has 144 valence electrons. The summed E-state index contributed by atoms with van der Waals surface area (Å²) in [5, 5.41) is 13.5. The first kappa shape index (κ1) is 18.0. The maximum atomic E-state index is 12.3. The molecule has 0 saturated heterocycles. The first-order chi connectivity index (χ1) is 14.2. The zero-order valence-electron chi connectivity index (χ0n) is 15.5. The monoisotopic (exact) mass is 420 g/mol. The number of anilines is 1. The SMILES string of the molecule is Cc1ccc2nc(NC(=O)CCSc3nnc4c(n3)[nH]c3ccccc34)sc2c1. The van der Waals surface area contributed by atoms with Crippen molar-refractivity contribution < 1.29 is 4.79 Å². The minimum absolute atomic E-state index is 0.0760. The molecule has 0 atom stereocenters. The molecule has 3 heterocycles. The number of nitrogens with zero attached hydrogens (tertiary/aromatic N) is 4. The number of thioether (sulfide) groups is 1. The van der Waals surface area contributed by atoms with Crippen molar-refractivity contribution in [1.82, 2.24) is 25.1 Å². The highest BCUT2D eigenvalue weighted by atomic mass is 32.2. The lowest BCUT2D eigenvalue weighted by Gasteiger charge is -2.01. The molecule has 0 bridgehead atoms. The summed E-state index contributed by atoms with van der Waals surface area (Å²) in [6.07, 6.45) is 0.341. The van der Waals surface area contributed by atoms with Gasteiger partial charge in [0.1, 0.15) is 5.52 Å². The number of H-pyrrole nitrogens is 1. The molecule has 0 spiro atoms. The van der Waals surface area contributed by atoms with Crippen LogP contribution in [0.15, 0.2) is 47.6 Å². The first-order valence-electron chi connectivity index (χ1n) is 9.07. The van der Waals surface area contributed by atoms with Crippen molar-refractivity contribution in [3.8, 4) is 0 Å². The summed E-state index contributed by atoms with van der Waals surface area (Å²) >= 11 is 2.89. The minimum Gasteiger partial charge on any atom is -0.338 e. The second-order valence-corrected chi connectivity index (χ2v) is 8.69. The molecule has 2 aromatic carbocycles. The van der Waals surface area contributed by atoms with Gasteiger partial charge in [0.25, 0.3) is 0 Å². The van der Waals surface area contributed by atoms with Crippen LogP contribution in [0.4, 0.5) is 5.13 Å². The number of aryl methyl sites for hydroxylation is 1. The summed E-state index contributed by atoms with van der Waals surface area (Å²) < 4.78 is 1.07. The summed E-state index contributed by atoms with van der Waals surface area (Å²) in [5.74, 6) is 0.483. The molecular formula is C20H16N6OS2. The molecule has 0 aliphatic carbocycles. The highest BCUT2D eigenvalue weighted by Crippen LogP contribution is 2.27. The number of carbonyl (C=O) groups is 1. The molecule has 7 nitrogen and oxygen atoms in total. The number of aromatic nitrogens is 5. The number of carbonyl (C=O) groups excluding carboxylic acids is 1. The van der Waals surface area contributed by atoms with E-state index in [4.69, 9.17) is 0 Å². The number of thiazole rings is 1. The highest BCUT2D eigenvalue weighted by molar-refractivity contribution is 7.99. The van der Waals surface area contributed by atoms with E-state index in [0.717, 1.165) is 26.6 Å². The van der Waals surface area contributed by atoms with E-state index in [-0.39, 0.29) is 5.91 Å². The molecule has 2 N–H and O–H groups in total. The van der Waals surface area contributed by atoms with Crippen LogP contribution in [-0.4, -0.2) is 36.8 Å². The fourth-order valence-electron chi connectivity index (χ4n) is 3.07. The van der Waals surface area contributed by atoms with E-state index in [2.05, 4.69) is 36.5 Å². The molecule has 0 saturated carbocycles. The molecule has 0 unspecified atom stereocenters. The quantitative estimate of drug-likeness (QED) is 0.405. The van der Waals surface area contributed by atoms with Crippen LogP contribution in [0.5, 0.6) is 0 Å². The van der Waals surface area contributed by atoms with E-state index in [1.165, 1.54) is 28.7 Å². The Hall–Kier alpha value is -3.04. The van der Waals surface area contributed by atoms with E-state index in [1.54, 1.807) is 0 Å². The minimum atomic E-state index is -0.0760. The van der Waals surface area contributed by atoms with Crippen molar-refractivity contribution >= 4 is 66.4 Å². The van der Waals surface area contributed by atoms with Crippen LogP contribution in [0.1, 0.15) is 12.0 Å². The topological polar surface area (TPSA) is 96.5 Å². The number of hydrogen-bond donors (Lipinski definition) is 2. The third-order valence-electron chi connectivity index (χ3n) is 4.45. The Bertz CT molecular complexity index is 1360. The number of para-hydroxylation sites is 1. The Morgan fingerprint density at radius 1 is 1.17 bits per heavy atom. The van der Waals surface area contributed by atoms with E-state index in [0.29, 0.717) is 28.1 Å². The average Bonchev–Trinajstić information content (AvgIpc) is 3.27. The van der Waals surface area contributed by atoms with Crippen LogP contribution < -0.4 is 5.32 Å². The van der Waals surface area contributed by atoms with Crippen LogP contribution in [0, 0.1) is 6.92 Å². The van der Waals surface area contributed by atoms with Crippen molar-refractivity contribution in [2.45, 2.75) is 18.5 Å². The third kappa shape index (κ3) is 3.66. The predicted molar refractivity (Wildman–Crippen MR) is 118 cm³/mol. The van der Waals surface area contributed by atoms with Gasteiger partial charge in [-0.25, -0.2) is 9.97 Å². The fraction of sp³-hybridized carbons (Fsp3) is 0.150. The van der Waals surface area contributed by atoms with Gasteiger partial charge in [0, 0.05) is 23.1 Å². The van der Waals surface area contributed by atoms with Gasteiger partial charge in [0.05, 0.1) is 10.2 Å². The zero-order chi connectivity index (χ0) is 19.8. The summed E-state index contributed by atoms with van der Waals surface area (Å²) in [5.41, 5.74) is 4.52. The van der Waals surface area contributed by atoms with E-state index < -0.39 is 0 Å². The van der Waals surface area contributed by atoms with Gasteiger partial charge in [0.15, 0.2) is 10.8 Å². The van der Waals surface area contributed by atoms with Crippen LogP contribution in [0.3, 0.4) is 0 Å². The summed E-state index contributed by atoms with van der Waals surface area (Å²) in [6.45, 7) is 2.04. The number of amides is 1. The van der Waals surface area contributed by atoms with Gasteiger partial charge in [0.2, 0.25) is 11.1 Å². The molecule has 29 heavy (non-hydrogen) atoms. The molecule has 0 aliphatic rings. The zero-order valence-corrected chi connectivity index (χ0v) is 17.1. The second kappa shape index (κ2) is 7.41. The van der Waals surface area contributed by atoms with Gasteiger partial charge in [-0.15, -0.1) is 10.2 Å². The molecule has 5 aromatic rings. The van der Waals surface area contributed by atoms with Gasteiger partial charge in [-0.3, -0.25) is 4.79 Å². The lowest BCUT2D eigenvalue weighted by Crippen LogP contribution is -2.12. The molecule has 0 fully saturated rings. The maximum Gasteiger partial charge on any atom is 0.226 e. The Kier molecular flexibility index (Phi) is 4.61. The molecule has 5 rings (SSSR count). The van der Waals surface area contributed by atoms with E-state index in [1.807, 2.05) is 43.3 Å². The van der Waals surface area contributed by atoms with Crippen molar-refractivity contribution in [3.05, 3.63) is 48.0 Å². The molecule has 9 heteroatoms. The Labute approximate surface area is 174 Å². The number of benzene rings is 2.